The number of carbonyl (C=O) groups is 1. The van der Waals surface area contributed by atoms with Crippen LogP contribution in [-0.4, -0.2) is 47.3 Å². The molecule has 26 heavy (non-hydrogen) atoms. The summed E-state index contributed by atoms with van der Waals surface area (Å²) >= 11 is 0. The Balaban J connectivity index is 1.61. The molecule has 2 aliphatic heterocycles. The monoisotopic (exact) mass is 357 g/mol. The zero-order valence-electron chi connectivity index (χ0n) is 14.8. The molecule has 0 bridgehead atoms. The van der Waals surface area contributed by atoms with Gasteiger partial charge in [0.15, 0.2) is 0 Å². The summed E-state index contributed by atoms with van der Waals surface area (Å²) in [5.41, 5.74) is 1.38. The first-order chi connectivity index (χ1) is 12.7. The van der Waals surface area contributed by atoms with E-state index in [0.717, 1.165) is 30.6 Å². The second-order valence-electron chi connectivity index (χ2n) is 7.30. The minimum Gasteiger partial charge on any atom is -0.381 e. The van der Waals surface area contributed by atoms with Crippen molar-refractivity contribution in [1.82, 2.24) is 15.1 Å². The Kier molecular flexibility index (Phi) is 4.76. The van der Waals surface area contributed by atoms with E-state index < -0.39 is 5.41 Å². The maximum Gasteiger partial charge on any atom is 0.233 e. The number of hydrogen-bond donors (Lipinski definition) is 1. The summed E-state index contributed by atoms with van der Waals surface area (Å²) in [5, 5.41) is 7.09. The van der Waals surface area contributed by atoms with Crippen molar-refractivity contribution in [2.24, 2.45) is 0 Å². The summed E-state index contributed by atoms with van der Waals surface area (Å²) in [6.45, 7) is 2.58. The molecular weight excluding hydrogens is 333 g/mol. The average molecular weight is 357 g/mol. The Labute approximate surface area is 152 Å². The van der Waals surface area contributed by atoms with Crippen molar-refractivity contribution in [3.05, 3.63) is 53.6 Å². The predicted molar refractivity (Wildman–Crippen MR) is 95.3 cm³/mol. The molecule has 6 heteroatoms. The third kappa shape index (κ3) is 3.14. The number of aromatic nitrogens is 2. The van der Waals surface area contributed by atoms with Crippen LogP contribution in [0.5, 0.6) is 0 Å². The summed E-state index contributed by atoms with van der Waals surface area (Å²) in [5.74, 6) is 0.164. The molecule has 0 radical (unpaired) electrons. The predicted octanol–water partition coefficient (Wildman–Crippen LogP) is 3.00. The Bertz CT molecular complexity index is 739. The average Bonchev–Trinajstić information content (AvgIpc) is 3.23. The van der Waals surface area contributed by atoms with Gasteiger partial charge in [0.25, 0.3) is 0 Å². The summed E-state index contributed by atoms with van der Waals surface area (Å²) < 4.78 is 18.9. The van der Waals surface area contributed by atoms with Gasteiger partial charge in [-0.05, 0) is 49.4 Å². The van der Waals surface area contributed by atoms with Crippen LogP contribution in [0, 0.1) is 5.82 Å². The van der Waals surface area contributed by atoms with Crippen LogP contribution in [0.15, 0.2) is 36.5 Å². The summed E-state index contributed by atoms with van der Waals surface area (Å²) in [7, 11) is 0. The number of aromatic amines is 1. The van der Waals surface area contributed by atoms with Gasteiger partial charge in [0, 0.05) is 44.1 Å². The molecule has 1 atom stereocenters. The van der Waals surface area contributed by atoms with Crippen LogP contribution in [0.25, 0.3) is 0 Å². The summed E-state index contributed by atoms with van der Waals surface area (Å²) in [6, 6.07) is 8.40. The molecule has 5 nitrogen and oxygen atoms in total. The first-order valence-corrected chi connectivity index (χ1v) is 9.31. The van der Waals surface area contributed by atoms with E-state index in [1.54, 1.807) is 18.3 Å². The smallest absolute Gasteiger partial charge is 0.233 e. The highest BCUT2D eigenvalue weighted by molar-refractivity contribution is 5.88. The van der Waals surface area contributed by atoms with Gasteiger partial charge in [-0.15, -0.1) is 0 Å². The van der Waals surface area contributed by atoms with Gasteiger partial charge in [0.2, 0.25) is 5.91 Å². The Morgan fingerprint density at radius 3 is 2.69 bits per heavy atom. The molecule has 1 N–H and O–H groups in total. The number of hydrogen-bond acceptors (Lipinski definition) is 3. The normalized spacial score (nSPS) is 23.0. The number of halogens is 1. The molecule has 2 fully saturated rings. The van der Waals surface area contributed by atoms with E-state index in [4.69, 9.17) is 4.74 Å². The van der Waals surface area contributed by atoms with Crippen LogP contribution < -0.4 is 0 Å². The van der Waals surface area contributed by atoms with E-state index in [1.807, 2.05) is 11.0 Å². The van der Waals surface area contributed by atoms with E-state index in [0.29, 0.717) is 38.5 Å². The summed E-state index contributed by atoms with van der Waals surface area (Å²) in [6.07, 6.45) is 5.07. The lowest BCUT2D eigenvalue weighted by Gasteiger charge is -2.42. The maximum absolute atomic E-state index is 13.6. The number of benzene rings is 1. The van der Waals surface area contributed by atoms with Crippen molar-refractivity contribution in [3.8, 4) is 0 Å². The fourth-order valence-electron chi connectivity index (χ4n) is 4.33. The van der Waals surface area contributed by atoms with E-state index in [-0.39, 0.29) is 11.7 Å². The third-order valence-corrected chi connectivity index (χ3v) is 5.82. The maximum atomic E-state index is 13.6. The number of rotatable bonds is 3. The van der Waals surface area contributed by atoms with E-state index >= 15 is 0 Å². The fourth-order valence-corrected chi connectivity index (χ4v) is 4.33. The Morgan fingerprint density at radius 1 is 1.23 bits per heavy atom. The van der Waals surface area contributed by atoms with E-state index in [9.17, 15) is 9.18 Å². The van der Waals surface area contributed by atoms with E-state index in [1.165, 1.54) is 12.1 Å². The van der Waals surface area contributed by atoms with Crippen molar-refractivity contribution in [2.75, 3.05) is 26.3 Å². The largest absolute Gasteiger partial charge is 0.381 e. The van der Waals surface area contributed by atoms with Gasteiger partial charge in [0.1, 0.15) is 5.82 Å². The number of carbonyl (C=O) groups excluding carboxylic acids is 1. The van der Waals surface area contributed by atoms with Crippen LogP contribution in [0.2, 0.25) is 0 Å². The highest BCUT2D eigenvalue weighted by Gasteiger charge is 2.45. The number of piperidine rings is 1. The van der Waals surface area contributed by atoms with Crippen molar-refractivity contribution in [2.45, 2.75) is 37.0 Å². The fraction of sp³-hybridized carbons (Fsp3) is 0.500. The number of H-pyrrole nitrogens is 1. The quantitative estimate of drug-likeness (QED) is 0.919. The number of ether oxygens (including phenoxy) is 1. The van der Waals surface area contributed by atoms with E-state index in [2.05, 4.69) is 10.2 Å². The molecule has 2 aromatic rings. The van der Waals surface area contributed by atoms with Gasteiger partial charge in [-0.3, -0.25) is 9.89 Å². The van der Waals surface area contributed by atoms with Crippen LogP contribution in [0.1, 0.15) is 42.9 Å². The SMILES string of the molecule is O=C(N1CCC[C@@H](c2ccn[nH]2)C1)C1(c2ccc(F)cc2)CCOCC1. The van der Waals surface area contributed by atoms with Gasteiger partial charge in [-0.1, -0.05) is 12.1 Å². The van der Waals surface area contributed by atoms with Crippen LogP contribution >= 0.6 is 0 Å². The lowest BCUT2D eigenvalue weighted by molar-refractivity contribution is -0.142. The molecule has 2 aliphatic rings. The molecule has 1 aromatic heterocycles. The molecule has 1 amide bonds. The molecule has 138 valence electrons. The molecule has 0 saturated carbocycles. The third-order valence-electron chi connectivity index (χ3n) is 5.82. The Hall–Kier alpha value is -2.21. The molecule has 1 aromatic carbocycles. The lowest BCUT2D eigenvalue weighted by Crippen LogP contribution is -2.52. The van der Waals surface area contributed by atoms with Gasteiger partial charge in [-0.2, -0.15) is 5.10 Å². The van der Waals surface area contributed by atoms with Crippen LogP contribution in [0.3, 0.4) is 0 Å². The van der Waals surface area contributed by atoms with Crippen LogP contribution in [0.4, 0.5) is 4.39 Å². The van der Waals surface area contributed by atoms with Gasteiger partial charge in [0.05, 0.1) is 5.41 Å². The second kappa shape index (κ2) is 7.19. The second-order valence-corrected chi connectivity index (χ2v) is 7.30. The molecule has 0 aliphatic carbocycles. The first-order valence-electron chi connectivity index (χ1n) is 9.31. The summed E-state index contributed by atoms with van der Waals surface area (Å²) in [4.78, 5) is 15.6. The van der Waals surface area contributed by atoms with Crippen molar-refractivity contribution in [3.63, 3.8) is 0 Å². The van der Waals surface area contributed by atoms with Gasteiger partial charge < -0.3 is 9.64 Å². The number of amides is 1. The highest BCUT2D eigenvalue weighted by Crippen LogP contribution is 2.38. The topological polar surface area (TPSA) is 58.2 Å². The highest BCUT2D eigenvalue weighted by atomic mass is 19.1. The molecule has 4 rings (SSSR count). The molecule has 0 spiro atoms. The Morgan fingerprint density at radius 2 is 2.00 bits per heavy atom. The lowest BCUT2D eigenvalue weighted by atomic mass is 9.72. The standard InChI is InChI=1S/C20H24FN3O2/c21-17-5-3-16(4-6-17)20(8-12-26-13-9-20)19(25)24-11-1-2-15(14-24)18-7-10-22-23-18/h3-7,10,15H,1-2,8-9,11-14H2,(H,22,23)/t15-/m1/s1. The molecular formula is C20H24FN3O2. The first kappa shape index (κ1) is 17.2. The minimum atomic E-state index is -0.609. The zero-order chi connectivity index (χ0) is 18.0. The number of nitrogens with zero attached hydrogens (tertiary/aromatic N) is 2. The van der Waals surface area contributed by atoms with Gasteiger partial charge in [-0.25, -0.2) is 4.39 Å². The number of likely N-dealkylation sites (tertiary alicyclic amines) is 1. The van der Waals surface area contributed by atoms with Gasteiger partial charge >= 0.3 is 0 Å². The molecule has 3 heterocycles. The molecule has 2 saturated heterocycles. The van der Waals surface area contributed by atoms with Crippen molar-refractivity contribution < 1.29 is 13.9 Å². The zero-order valence-corrected chi connectivity index (χ0v) is 14.8. The van der Waals surface area contributed by atoms with Crippen molar-refractivity contribution in [1.29, 1.82) is 0 Å². The van der Waals surface area contributed by atoms with Crippen molar-refractivity contribution >= 4 is 5.91 Å². The number of nitrogens with one attached hydrogen (secondary N) is 1. The molecule has 0 unspecified atom stereocenters. The minimum absolute atomic E-state index is 0.150. The van der Waals surface area contributed by atoms with Crippen LogP contribution in [-0.2, 0) is 14.9 Å².